The summed E-state index contributed by atoms with van der Waals surface area (Å²) < 4.78 is 18.8. The number of likely N-dealkylation sites (tertiary alicyclic amines) is 2. The van der Waals surface area contributed by atoms with Gasteiger partial charge < -0.3 is 19.9 Å². The van der Waals surface area contributed by atoms with Crippen LogP contribution in [0.1, 0.15) is 39.0 Å². The molecule has 2 aliphatic heterocycles. The molecule has 0 bridgehead atoms. The van der Waals surface area contributed by atoms with E-state index in [-0.39, 0.29) is 28.5 Å². The largest absolute Gasteiger partial charge is 0.479 e. The monoisotopic (exact) mass is 439 g/mol. The fourth-order valence-electron chi connectivity index (χ4n) is 4.10. The molecule has 0 spiro atoms. The Balaban J connectivity index is 1.37. The predicted octanol–water partition coefficient (Wildman–Crippen LogP) is 3.09. The van der Waals surface area contributed by atoms with Crippen LogP contribution < -0.4 is 10.1 Å². The molecule has 0 radical (unpaired) electrons. The Hall–Kier alpha value is -1.86. The van der Waals surface area contributed by atoms with Crippen LogP contribution in [0, 0.1) is 11.7 Å². The van der Waals surface area contributed by atoms with Crippen LogP contribution in [-0.4, -0.2) is 67.0 Å². The Labute approximate surface area is 182 Å². The zero-order valence-electron chi connectivity index (χ0n) is 17.5. The molecule has 6 nitrogen and oxygen atoms in total. The molecule has 1 aromatic rings. The average molecular weight is 440 g/mol. The highest BCUT2D eigenvalue weighted by Gasteiger charge is 2.30. The van der Waals surface area contributed by atoms with Crippen LogP contribution in [0.25, 0.3) is 0 Å². The Bertz CT molecular complexity index is 734. The summed E-state index contributed by atoms with van der Waals surface area (Å²) in [6.45, 7) is 6.80. The van der Waals surface area contributed by atoms with Gasteiger partial charge in [0.25, 0.3) is 5.91 Å². The van der Waals surface area contributed by atoms with Crippen molar-refractivity contribution < 1.29 is 18.7 Å². The highest BCUT2D eigenvalue weighted by atomic mass is 35.5. The molecule has 30 heavy (non-hydrogen) atoms. The normalized spacial score (nSPS) is 19.0. The standard InChI is InChI=1S/C22H31ClFN3O3/c1-16(30-20-6-5-18(24)15-19(20)23)22(29)27-13-7-17(8-14-27)21(28)25-9-4-12-26-10-2-3-11-26/h5-6,15-17H,2-4,7-14H2,1H3,(H,25,28)/t16-/m0/s1. The van der Waals surface area contributed by atoms with Crippen LogP contribution in [-0.2, 0) is 9.59 Å². The highest BCUT2D eigenvalue weighted by Crippen LogP contribution is 2.26. The van der Waals surface area contributed by atoms with Gasteiger partial charge in [0.05, 0.1) is 5.02 Å². The van der Waals surface area contributed by atoms with Gasteiger partial charge in [-0.1, -0.05) is 11.6 Å². The third-order valence-electron chi connectivity index (χ3n) is 5.87. The van der Waals surface area contributed by atoms with E-state index in [2.05, 4.69) is 10.2 Å². The quantitative estimate of drug-likeness (QED) is 0.632. The van der Waals surface area contributed by atoms with Crippen molar-refractivity contribution in [1.82, 2.24) is 15.1 Å². The lowest BCUT2D eigenvalue weighted by molar-refractivity contribution is -0.141. The number of nitrogens with zero attached hydrogens (tertiary/aromatic N) is 2. The number of nitrogens with one attached hydrogen (secondary N) is 1. The maximum Gasteiger partial charge on any atom is 0.263 e. The lowest BCUT2D eigenvalue weighted by Crippen LogP contribution is -2.47. The molecule has 1 aromatic carbocycles. The van der Waals surface area contributed by atoms with Crippen molar-refractivity contribution in [2.75, 3.05) is 39.3 Å². The molecule has 3 rings (SSSR count). The average Bonchev–Trinajstić information content (AvgIpc) is 3.26. The first-order chi connectivity index (χ1) is 14.4. The number of carbonyl (C=O) groups excluding carboxylic acids is 2. The second kappa shape index (κ2) is 11.0. The molecule has 0 unspecified atom stereocenters. The molecule has 2 amide bonds. The first kappa shape index (κ1) is 22.8. The molecule has 0 aromatic heterocycles. The number of carbonyl (C=O) groups is 2. The molecular formula is C22H31ClFN3O3. The van der Waals surface area contributed by atoms with Gasteiger partial charge in [0.1, 0.15) is 11.6 Å². The van der Waals surface area contributed by atoms with Crippen molar-refractivity contribution in [3.05, 3.63) is 29.0 Å². The Morgan fingerprint density at radius 2 is 1.93 bits per heavy atom. The van der Waals surface area contributed by atoms with E-state index >= 15 is 0 Å². The molecule has 1 atom stereocenters. The molecule has 8 heteroatoms. The van der Waals surface area contributed by atoms with Crippen LogP contribution >= 0.6 is 11.6 Å². The van der Waals surface area contributed by atoms with Gasteiger partial charge in [-0.3, -0.25) is 9.59 Å². The van der Waals surface area contributed by atoms with Crippen molar-refractivity contribution in [3.8, 4) is 5.75 Å². The number of rotatable bonds is 8. The van der Waals surface area contributed by atoms with Gasteiger partial charge in [-0.05, 0) is 76.9 Å². The third kappa shape index (κ3) is 6.32. The summed E-state index contributed by atoms with van der Waals surface area (Å²) in [7, 11) is 0. The molecule has 166 valence electrons. The SMILES string of the molecule is C[C@H](Oc1ccc(F)cc1Cl)C(=O)N1CCC(C(=O)NCCCN2CCCC2)CC1. The third-order valence-corrected chi connectivity index (χ3v) is 6.17. The molecule has 2 heterocycles. The smallest absolute Gasteiger partial charge is 0.263 e. The topological polar surface area (TPSA) is 61.9 Å². The van der Waals surface area contributed by atoms with Gasteiger partial charge >= 0.3 is 0 Å². The highest BCUT2D eigenvalue weighted by molar-refractivity contribution is 6.32. The number of piperidine rings is 1. The number of amides is 2. The fraction of sp³-hybridized carbons (Fsp3) is 0.636. The number of benzene rings is 1. The lowest BCUT2D eigenvalue weighted by atomic mass is 9.95. The summed E-state index contributed by atoms with van der Waals surface area (Å²) in [5, 5.41) is 3.18. The second-order valence-corrected chi connectivity index (χ2v) is 8.53. The summed E-state index contributed by atoms with van der Waals surface area (Å²) in [5.41, 5.74) is 0. The molecule has 2 fully saturated rings. The molecule has 1 N–H and O–H groups in total. The number of hydrogen-bond donors (Lipinski definition) is 1. The minimum Gasteiger partial charge on any atom is -0.479 e. The summed E-state index contributed by atoms with van der Waals surface area (Å²) in [5.74, 6) is -0.292. The van der Waals surface area contributed by atoms with Gasteiger partial charge in [0.2, 0.25) is 5.91 Å². The lowest BCUT2D eigenvalue weighted by Gasteiger charge is -2.33. The first-order valence-electron chi connectivity index (χ1n) is 10.8. The van der Waals surface area contributed by atoms with E-state index in [1.807, 2.05) is 0 Å². The summed E-state index contributed by atoms with van der Waals surface area (Å²) >= 11 is 5.97. The zero-order chi connectivity index (χ0) is 21.5. The summed E-state index contributed by atoms with van der Waals surface area (Å²) in [6.07, 6.45) is 4.10. The number of hydrogen-bond acceptors (Lipinski definition) is 4. The second-order valence-electron chi connectivity index (χ2n) is 8.13. The summed E-state index contributed by atoms with van der Waals surface area (Å²) in [4.78, 5) is 29.2. The van der Waals surface area contributed by atoms with E-state index in [4.69, 9.17) is 16.3 Å². The van der Waals surface area contributed by atoms with E-state index < -0.39 is 11.9 Å². The maximum absolute atomic E-state index is 13.2. The molecule has 2 aliphatic rings. The maximum atomic E-state index is 13.2. The van der Waals surface area contributed by atoms with Crippen molar-refractivity contribution in [2.24, 2.45) is 5.92 Å². The van der Waals surface area contributed by atoms with Crippen molar-refractivity contribution in [1.29, 1.82) is 0 Å². The van der Waals surface area contributed by atoms with E-state index in [1.54, 1.807) is 11.8 Å². The van der Waals surface area contributed by atoms with Gasteiger partial charge in [0, 0.05) is 25.6 Å². The van der Waals surface area contributed by atoms with Crippen molar-refractivity contribution in [2.45, 2.75) is 45.1 Å². The Morgan fingerprint density at radius 3 is 2.60 bits per heavy atom. The van der Waals surface area contributed by atoms with E-state index in [9.17, 15) is 14.0 Å². The van der Waals surface area contributed by atoms with Crippen LogP contribution in [0.4, 0.5) is 4.39 Å². The van der Waals surface area contributed by atoms with Crippen molar-refractivity contribution in [3.63, 3.8) is 0 Å². The van der Waals surface area contributed by atoms with Crippen LogP contribution in [0.3, 0.4) is 0 Å². The fourth-order valence-corrected chi connectivity index (χ4v) is 4.31. The zero-order valence-corrected chi connectivity index (χ0v) is 18.3. The Kier molecular flexibility index (Phi) is 8.33. The summed E-state index contributed by atoms with van der Waals surface area (Å²) in [6, 6.07) is 3.82. The number of ether oxygens (including phenoxy) is 1. The van der Waals surface area contributed by atoms with E-state index in [1.165, 1.54) is 38.1 Å². The molecule has 0 saturated carbocycles. The van der Waals surface area contributed by atoms with Crippen LogP contribution in [0.5, 0.6) is 5.75 Å². The molecule has 2 saturated heterocycles. The van der Waals surface area contributed by atoms with Gasteiger partial charge in [-0.15, -0.1) is 0 Å². The van der Waals surface area contributed by atoms with Crippen LogP contribution in [0.2, 0.25) is 5.02 Å². The van der Waals surface area contributed by atoms with Crippen molar-refractivity contribution >= 4 is 23.4 Å². The predicted molar refractivity (Wildman–Crippen MR) is 114 cm³/mol. The van der Waals surface area contributed by atoms with Gasteiger partial charge in [0.15, 0.2) is 6.10 Å². The minimum atomic E-state index is -0.732. The number of halogens is 2. The van der Waals surface area contributed by atoms with Gasteiger partial charge in [-0.2, -0.15) is 0 Å². The van der Waals surface area contributed by atoms with Gasteiger partial charge in [-0.25, -0.2) is 4.39 Å². The first-order valence-corrected chi connectivity index (χ1v) is 11.2. The molecule has 0 aliphatic carbocycles. The Morgan fingerprint density at radius 1 is 1.23 bits per heavy atom. The van der Waals surface area contributed by atoms with E-state index in [0.29, 0.717) is 32.5 Å². The molecular weight excluding hydrogens is 409 g/mol. The van der Waals surface area contributed by atoms with Crippen LogP contribution in [0.15, 0.2) is 18.2 Å². The van der Waals surface area contributed by atoms with E-state index in [0.717, 1.165) is 19.0 Å². The minimum absolute atomic E-state index is 0.0522.